The maximum Gasteiger partial charge on any atom is 0.517 e. The Kier molecular flexibility index (Phi) is 5.76. The summed E-state index contributed by atoms with van der Waals surface area (Å²) in [6.45, 7) is 3.19. The fourth-order valence-electron chi connectivity index (χ4n) is 3.14. The van der Waals surface area contributed by atoms with E-state index in [9.17, 15) is 26.4 Å². The first-order valence-electron chi connectivity index (χ1n) is 8.95. The summed E-state index contributed by atoms with van der Waals surface area (Å²) in [6.07, 6.45) is 1.13. The van der Waals surface area contributed by atoms with Gasteiger partial charge in [-0.25, -0.2) is 9.10 Å². The molecule has 0 bridgehead atoms. The second-order valence-electron chi connectivity index (χ2n) is 6.39. The lowest BCUT2D eigenvalue weighted by Crippen LogP contribution is -2.40. The number of ether oxygens (including phenoxy) is 1. The Morgan fingerprint density at radius 2 is 1.63 bits per heavy atom. The molecule has 30 heavy (non-hydrogen) atoms. The number of anilines is 1. The Morgan fingerprint density at radius 3 is 2.23 bits per heavy atom. The molecule has 1 aliphatic rings. The zero-order chi connectivity index (χ0) is 22.1. The molecule has 158 valence electrons. The number of carbonyl (C=O) groups excluding carboxylic acids is 1. The molecule has 0 aliphatic carbocycles. The molecule has 0 N–H and O–H groups in total. The molecule has 0 atom stereocenters. The van der Waals surface area contributed by atoms with E-state index in [2.05, 4.69) is 0 Å². The first-order chi connectivity index (χ1) is 14.1. The molecule has 0 unspecified atom stereocenters. The van der Waals surface area contributed by atoms with Crippen molar-refractivity contribution in [3.8, 4) is 0 Å². The standard InChI is InChI=1S/C21H18F3NO4S/c1-3-29-20(26)17-13-19(15-9-5-4-6-10-15)25(30(27,28)21(22,23)24)18-12-8-7-11-16(18)14(17)2/h4-13H,3H2,1-2H3. The van der Waals surface area contributed by atoms with Crippen LogP contribution in [0.15, 0.2) is 66.2 Å². The van der Waals surface area contributed by atoms with Crippen molar-refractivity contribution in [3.63, 3.8) is 0 Å². The van der Waals surface area contributed by atoms with Crippen LogP contribution in [0.5, 0.6) is 0 Å². The van der Waals surface area contributed by atoms with Gasteiger partial charge in [-0.3, -0.25) is 0 Å². The number of halogens is 3. The highest BCUT2D eigenvalue weighted by Gasteiger charge is 2.52. The molecule has 5 nitrogen and oxygen atoms in total. The summed E-state index contributed by atoms with van der Waals surface area (Å²) in [4.78, 5) is 12.6. The van der Waals surface area contributed by atoms with E-state index in [1.54, 1.807) is 31.2 Å². The Balaban J connectivity index is 2.43. The molecule has 3 rings (SSSR count). The molecule has 2 aromatic carbocycles. The van der Waals surface area contributed by atoms with Crippen LogP contribution in [-0.2, 0) is 19.6 Å². The number of fused-ring (bicyclic) bond motifs is 1. The monoisotopic (exact) mass is 437 g/mol. The number of hydrogen-bond acceptors (Lipinski definition) is 4. The maximum absolute atomic E-state index is 13.6. The van der Waals surface area contributed by atoms with Gasteiger partial charge in [0.15, 0.2) is 0 Å². The summed E-state index contributed by atoms with van der Waals surface area (Å²) in [5, 5.41) is 0. The topological polar surface area (TPSA) is 63.7 Å². The molecule has 1 aliphatic heterocycles. The van der Waals surface area contributed by atoms with E-state index in [1.165, 1.54) is 37.3 Å². The molecule has 1 heterocycles. The number of rotatable bonds is 4. The highest BCUT2D eigenvalue weighted by molar-refractivity contribution is 7.94. The smallest absolute Gasteiger partial charge is 0.462 e. The third-order valence-electron chi connectivity index (χ3n) is 4.53. The highest BCUT2D eigenvalue weighted by atomic mass is 32.2. The highest BCUT2D eigenvalue weighted by Crippen LogP contribution is 2.43. The van der Waals surface area contributed by atoms with E-state index < -0.39 is 21.5 Å². The number of carbonyl (C=O) groups is 1. The quantitative estimate of drug-likeness (QED) is 0.649. The van der Waals surface area contributed by atoms with Crippen LogP contribution < -0.4 is 4.31 Å². The molecule has 0 saturated carbocycles. The third-order valence-corrected chi connectivity index (χ3v) is 5.99. The minimum Gasteiger partial charge on any atom is -0.462 e. The van der Waals surface area contributed by atoms with E-state index in [0.29, 0.717) is 5.57 Å². The first-order valence-corrected chi connectivity index (χ1v) is 10.4. The molecule has 2 aromatic rings. The number of benzene rings is 2. The second-order valence-corrected chi connectivity index (χ2v) is 8.17. The van der Waals surface area contributed by atoms with E-state index in [0.717, 1.165) is 6.08 Å². The number of esters is 1. The van der Waals surface area contributed by atoms with Gasteiger partial charge in [-0.2, -0.15) is 21.6 Å². The summed E-state index contributed by atoms with van der Waals surface area (Å²) < 4.78 is 71.5. The molecular formula is C21H18F3NO4S. The van der Waals surface area contributed by atoms with Crippen molar-refractivity contribution in [2.45, 2.75) is 19.4 Å². The Morgan fingerprint density at radius 1 is 1.03 bits per heavy atom. The van der Waals surface area contributed by atoms with E-state index >= 15 is 0 Å². The van der Waals surface area contributed by atoms with Crippen LogP contribution in [0.25, 0.3) is 11.3 Å². The summed E-state index contributed by atoms with van der Waals surface area (Å²) in [5.74, 6) is -0.760. The van der Waals surface area contributed by atoms with E-state index in [-0.39, 0.29) is 39.0 Å². The number of hydrogen-bond donors (Lipinski definition) is 0. The van der Waals surface area contributed by atoms with Crippen LogP contribution in [0.4, 0.5) is 18.9 Å². The summed E-state index contributed by atoms with van der Waals surface area (Å²) in [6, 6.07) is 13.4. The lowest BCUT2D eigenvalue weighted by Gasteiger charge is -2.28. The Labute approximate surface area is 172 Å². The van der Waals surface area contributed by atoms with E-state index in [4.69, 9.17) is 4.74 Å². The van der Waals surface area contributed by atoms with E-state index in [1.807, 2.05) is 0 Å². The van der Waals surface area contributed by atoms with Crippen LogP contribution in [0.3, 0.4) is 0 Å². The maximum atomic E-state index is 13.6. The fourth-order valence-corrected chi connectivity index (χ4v) is 4.18. The summed E-state index contributed by atoms with van der Waals surface area (Å²) >= 11 is 0. The minimum absolute atomic E-state index is 0.0250. The molecule has 9 heteroatoms. The molecule has 0 amide bonds. The molecule has 0 saturated heterocycles. The summed E-state index contributed by atoms with van der Waals surface area (Å²) in [7, 11) is -5.83. The molecule has 0 fully saturated rings. The summed E-state index contributed by atoms with van der Waals surface area (Å²) in [5.41, 5.74) is -5.43. The van der Waals surface area contributed by atoms with Crippen molar-refractivity contribution in [1.82, 2.24) is 0 Å². The van der Waals surface area contributed by atoms with Crippen LogP contribution in [0, 0.1) is 0 Å². The van der Waals surface area contributed by atoms with Gasteiger partial charge in [-0.05, 0) is 37.1 Å². The van der Waals surface area contributed by atoms with Gasteiger partial charge in [0.05, 0.1) is 23.6 Å². The van der Waals surface area contributed by atoms with Crippen molar-refractivity contribution in [1.29, 1.82) is 0 Å². The zero-order valence-corrected chi connectivity index (χ0v) is 16.9. The lowest BCUT2D eigenvalue weighted by molar-refractivity contribution is -0.138. The second kappa shape index (κ2) is 7.98. The molecule has 0 spiro atoms. The Hall–Kier alpha value is -3.07. The number of allylic oxidation sites excluding steroid dienone is 1. The van der Waals surface area contributed by atoms with Gasteiger partial charge in [0.1, 0.15) is 0 Å². The van der Waals surface area contributed by atoms with Gasteiger partial charge in [-0.15, -0.1) is 0 Å². The normalized spacial score (nSPS) is 14.7. The average Bonchev–Trinajstić information content (AvgIpc) is 2.83. The van der Waals surface area contributed by atoms with Gasteiger partial charge in [0, 0.05) is 5.56 Å². The first kappa shape index (κ1) is 21.6. The largest absolute Gasteiger partial charge is 0.517 e. The minimum atomic E-state index is -5.83. The number of alkyl halides is 3. The average molecular weight is 437 g/mol. The van der Waals surface area contributed by atoms with Crippen molar-refractivity contribution in [2.75, 3.05) is 10.9 Å². The van der Waals surface area contributed by atoms with Crippen LogP contribution in [-0.4, -0.2) is 26.5 Å². The van der Waals surface area contributed by atoms with Gasteiger partial charge in [0.25, 0.3) is 0 Å². The van der Waals surface area contributed by atoms with Gasteiger partial charge >= 0.3 is 21.5 Å². The van der Waals surface area contributed by atoms with Gasteiger partial charge in [0.2, 0.25) is 0 Å². The van der Waals surface area contributed by atoms with Crippen molar-refractivity contribution < 1.29 is 31.1 Å². The Bertz CT molecular complexity index is 1140. The predicted octanol–water partition coefficient (Wildman–Crippen LogP) is 4.73. The number of para-hydroxylation sites is 1. The molecular weight excluding hydrogens is 419 g/mol. The number of sulfonamides is 1. The van der Waals surface area contributed by atoms with Gasteiger partial charge < -0.3 is 4.74 Å². The lowest BCUT2D eigenvalue weighted by atomic mass is 10.0. The molecule has 0 radical (unpaired) electrons. The number of nitrogens with zero attached hydrogens (tertiary/aromatic N) is 1. The predicted molar refractivity (Wildman–Crippen MR) is 108 cm³/mol. The van der Waals surface area contributed by atoms with Gasteiger partial charge in [-0.1, -0.05) is 48.5 Å². The van der Waals surface area contributed by atoms with Crippen molar-refractivity contribution in [3.05, 3.63) is 77.4 Å². The van der Waals surface area contributed by atoms with Crippen molar-refractivity contribution in [2.24, 2.45) is 0 Å². The van der Waals surface area contributed by atoms with Crippen LogP contribution >= 0.6 is 0 Å². The zero-order valence-electron chi connectivity index (χ0n) is 16.1. The fraction of sp³-hybridized carbons (Fsp3) is 0.190. The van der Waals surface area contributed by atoms with Crippen LogP contribution in [0.2, 0.25) is 0 Å². The molecule has 0 aromatic heterocycles. The van der Waals surface area contributed by atoms with Crippen molar-refractivity contribution >= 4 is 33.0 Å². The van der Waals surface area contributed by atoms with Crippen LogP contribution in [0.1, 0.15) is 25.0 Å². The SMILES string of the molecule is CCOC(=O)C1=C(C)c2ccccc2N(S(=O)(=O)C(F)(F)F)C(c2ccccc2)=C1. The third kappa shape index (κ3) is 3.72.